The molecule has 0 radical (unpaired) electrons. The number of nitrogens with one attached hydrogen (secondary N) is 1. The number of phenolic OH excluding ortho intramolecular Hbond substituents is 1. The maximum absolute atomic E-state index is 13.4. The van der Waals surface area contributed by atoms with Gasteiger partial charge in [0.1, 0.15) is 11.6 Å². The minimum absolute atomic E-state index is 0.147. The van der Waals surface area contributed by atoms with Crippen LogP contribution < -0.4 is 5.32 Å². The Bertz CT molecular complexity index is 915. The summed E-state index contributed by atoms with van der Waals surface area (Å²) in [4.78, 5) is 18.3. The van der Waals surface area contributed by atoms with E-state index in [1.807, 2.05) is 30.3 Å². The first kappa shape index (κ1) is 17.5. The summed E-state index contributed by atoms with van der Waals surface area (Å²) in [5, 5.41) is 13.7. The largest absolute Gasteiger partial charge is 0.507 e. The summed E-state index contributed by atoms with van der Waals surface area (Å²) in [5.74, 6) is 0.880. The number of hydrogen-bond acceptors (Lipinski definition) is 4. The van der Waals surface area contributed by atoms with E-state index in [2.05, 4.69) is 24.4 Å². The van der Waals surface area contributed by atoms with Crippen molar-refractivity contribution in [2.45, 2.75) is 26.2 Å². The van der Waals surface area contributed by atoms with Gasteiger partial charge in [-0.2, -0.15) is 0 Å². The zero-order valence-electron chi connectivity index (χ0n) is 15.5. The summed E-state index contributed by atoms with van der Waals surface area (Å²) >= 11 is 0. The molecule has 2 aliphatic rings. The van der Waals surface area contributed by atoms with Gasteiger partial charge in [0.05, 0.1) is 11.6 Å². The quantitative estimate of drug-likeness (QED) is 0.870. The molecule has 0 saturated heterocycles. The second-order valence-corrected chi connectivity index (χ2v) is 7.33. The number of hydrogen-bond donors (Lipinski definition) is 2. The van der Waals surface area contributed by atoms with Crippen LogP contribution in [0, 0.1) is 11.8 Å². The lowest BCUT2D eigenvalue weighted by Gasteiger charge is -2.32. The maximum Gasteiger partial charge on any atom is 0.171 e. The number of benzene rings is 2. The lowest BCUT2D eigenvalue weighted by Crippen LogP contribution is -2.39. The number of ketones is 1. The number of allylic oxidation sites excluding steroid dienone is 1. The summed E-state index contributed by atoms with van der Waals surface area (Å²) in [6.07, 6.45) is 2.42. The molecule has 2 aliphatic heterocycles. The van der Waals surface area contributed by atoms with Crippen LogP contribution >= 0.6 is 0 Å². The molecule has 2 heterocycles. The van der Waals surface area contributed by atoms with Crippen LogP contribution in [0.4, 0.5) is 0 Å². The van der Waals surface area contributed by atoms with Gasteiger partial charge in [0, 0.05) is 17.7 Å². The van der Waals surface area contributed by atoms with E-state index in [9.17, 15) is 9.90 Å². The van der Waals surface area contributed by atoms with Crippen LogP contribution in [-0.2, 0) is 11.2 Å². The summed E-state index contributed by atoms with van der Waals surface area (Å²) in [7, 11) is 0. The zero-order valence-corrected chi connectivity index (χ0v) is 15.5. The van der Waals surface area contributed by atoms with E-state index < -0.39 is 0 Å². The molecule has 0 saturated carbocycles. The van der Waals surface area contributed by atoms with Crippen LogP contribution in [0.3, 0.4) is 0 Å². The number of para-hydroxylation sites is 1. The normalized spacial score (nSPS) is 22.1. The van der Waals surface area contributed by atoms with Crippen molar-refractivity contribution in [3.05, 3.63) is 77.1 Å². The molecule has 138 valence electrons. The third kappa shape index (κ3) is 3.39. The Labute approximate surface area is 159 Å². The molecule has 0 amide bonds. The van der Waals surface area contributed by atoms with Gasteiger partial charge in [0.15, 0.2) is 5.78 Å². The van der Waals surface area contributed by atoms with E-state index in [0.29, 0.717) is 23.5 Å². The van der Waals surface area contributed by atoms with Crippen molar-refractivity contribution in [1.82, 2.24) is 5.32 Å². The highest BCUT2D eigenvalue weighted by Crippen LogP contribution is 2.35. The van der Waals surface area contributed by atoms with Crippen LogP contribution in [-0.4, -0.2) is 23.1 Å². The van der Waals surface area contributed by atoms with Gasteiger partial charge in [0.2, 0.25) is 0 Å². The van der Waals surface area contributed by atoms with E-state index in [1.165, 1.54) is 5.56 Å². The minimum atomic E-state index is -0.334. The fraction of sp³-hybridized carbons (Fsp3) is 0.304. The average Bonchev–Trinajstić information content (AvgIpc) is 2.68. The molecule has 27 heavy (non-hydrogen) atoms. The number of aryl methyl sites for hydroxylation is 1. The molecule has 4 rings (SSSR count). The summed E-state index contributed by atoms with van der Waals surface area (Å²) in [5.41, 5.74) is 3.35. The average molecular weight is 360 g/mol. The number of aromatic hydroxyl groups is 1. The standard InChI is InChI=1S/C23H24N2O2/c1-15-13-14-24-23-20(15)22(27)18(12-11-16-7-3-2-4-8-16)21(25-23)17-9-5-6-10-19(17)26/h2-10,15,18,24,26H,11-14H2,1H3. The van der Waals surface area contributed by atoms with Gasteiger partial charge in [0.25, 0.3) is 0 Å². The van der Waals surface area contributed by atoms with Gasteiger partial charge in [-0.3, -0.25) is 4.79 Å². The number of nitrogens with zero attached hydrogens (tertiary/aromatic N) is 1. The van der Waals surface area contributed by atoms with E-state index in [0.717, 1.165) is 25.0 Å². The smallest absolute Gasteiger partial charge is 0.171 e. The first-order valence-corrected chi connectivity index (χ1v) is 9.58. The van der Waals surface area contributed by atoms with Crippen molar-refractivity contribution in [1.29, 1.82) is 0 Å². The van der Waals surface area contributed by atoms with Crippen LogP contribution in [0.25, 0.3) is 0 Å². The number of carbonyl (C=O) groups excluding carboxylic acids is 1. The Balaban J connectivity index is 1.73. The third-order valence-electron chi connectivity index (χ3n) is 5.51. The second kappa shape index (κ2) is 7.39. The third-order valence-corrected chi connectivity index (χ3v) is 5.51. The molecule has 0 spiro atoms. The highest BCUT2D eigenvalue weighted by molar-refractivity contribution is 6.21. The molecule has 4 nitrogen and oxygen atoms in total. The predicted octanol–water partition coefficient (Wildman–Crippen LogP) is 3.85. The lowest BCUT2D eigenvalue weighted by atomic mass is 9.78. The number of aliphatic imine (C=N–C) groups is 1. The first-order chi connectivity index (χ1) is 13.1. The summed E-state index contributed by atoms with van der Waals surface area (Å²) < 4.78 is 0. The van der Waals surface area contributed by atoms with E-state index in [1.54, 1.807) is 12.1 Å². The maximum atomic E-state index is 13.4. The van der Waals surface area contributed by atoms with Crippen molar-refractivity contribution < 1.29 is 9.90 Å². The Hall–Kier alpha value is -2.88. The molecule has 2 aromatic carbocycles. The van der Waals surface area contributed by atoms with Gasteiger partial charge in [-0.25, -0.2) is 4.99 Å². The van der Waals surface area contributed by atoms with Crippen molar-refractivity contribution >= 4 is 11.5 Å². The van der Waals surface area contributed by atoms with Gasteiger partial charge < -0.3 is 10.4 Å². The van der Waals surface area contributed by atoms with Crippen LogP contribution in [0.15, 0.2) is 71.0 Å². The summed E-state index contributed by atoms with van der Waals surface area (Å²) in [6, 6.07) is 17.3. The molecule has 2 N–H and O–H groups in total. The highest BCUT2D eigenvalue weighted by atomic mass is 16.3. The van der Waals surface area contributed by atoms with Gasteiger partial charge >= 0.3 is 0 Å². The SMILES string of the molecule is CC1CCNC2=C1C(=O)C(CCc1ccccc1)C(c1ccccc1O)=N2. The minimum Gasteiger partial charge on any atom is -0.507 e. The van der Waals surface area contributed by atoms with Crippen molar-refractivity contribution in [2.24, 2.45) is 16.8 Å². The molecular weight excluding hydrogens is 336 g/mol. The van der Waals surface area contributed by atoms with Crippen molar-refractivity contribution in [3.63, 3.8) is 0 Å². The monoisotopic (exact) mass is 360 g/mol. The highest BCUT2D eigenvalue weighted by Gasteiger charge is 2.38. The zero-order chi connectivity index (χ0) is 18.8. The molecular formula is C23H24N2O2. The molecule has 2 unspecified atom stereocenters. The topological polar surface area (TPSA) is 61.7 Å². The van der Waals surface area contributed by atoms with E-state index in [4.69, 9.17) is 4.99 Å². The first-order valence-electron chi connectivity index (χ1n) is 9.58. The molecule has 4 heteroatoms. The summed E-state index contributed by atoms with van der Waals surface area (Å²) in [6.45, 7) is 2.92. The van der Waals surface area contributed by atoms with Crippen molar-refractivity contribution in [3.8, 4) is 5.75 Å². The Kier molecular flexibility index (Phi) is 4.80. The number of Topliss-reactive ketones (excluding diaryl/α,β-unsaturated/α-hetero) is 1. The lowest BCUT2D eigenvalue weighted by molar-refractivity contribution is -0.118. The van der Waals surface area contributed by atoms with E-state index >= 15 is 0 Å². The fourth-order valence-corrected chi connectivity index (χ4v) is 4.01. The number of carbonyl (C=O) groups is 1. The van der Waals surface area contributed by atoms with Crippen LogP contribution in [0.5, 0.6) is 5.75 Å². The molecule has 0 bridgehead atoms. The molecule has 2 atom stereocenters. The predicted molar refractivity (Wildman–Crippen MR) is 107 cm³/mol. The van der Waals surface area contributed by atoms with Crippen molar-refractivity contribution in [2.75, 3.05) is 6.54 Å². The molecule has 0 aliphatic carbocycles. The molecule has 2 aromatic rings. The van der Waals surface area contributed by atoms with Gasteiger partial charge in [-0.15, -0.1) is 0 Å². The van der Waals surface area contributed by atoms with E-state index in [-0.39, 0.29) is 23.4 Å². The number of rotatable bonds is 4. The van der Waals surface area contributed by atoms with Crippen LogP contribution in [0.1, 0.15) is 30.9 Å². The molecule has 0 fully saturated rings. The fourth-order valence-electron chi connectivity index (χ4n) is 4.01. The Morgan fingerprint density at radius 1 is 1.11 bits per heavy atom. The Morgan fingerprint density at radius 3 is 2.63 bits per heavy atom. The molecule has 0 aromatic heterocycles. The second-order valence-electron chi connectivity index (χ2n) is 7.33. The Morgan fingerprint density at radius 2 is 1.85 bits per heavy atom. The van der Waals surface area contributed by atoms with Crippen LogP contribution in [0.2, 0.25) is 0 Å². The van der Waals surface area contributed by atoms with Gasteiger partial charge in [-0.1, -0.05) is 49.4 Å². The number of phenols is 1. The van der Waals surface area contributed by atoms with Gasteiger partial charge in [-0.05, 0) is 42.9 Å².